The van der Waals surface area contributed by atoms with Crippen molar-refractivity contribution >= 4 is 35.2 Å². The molecule has 0 heterocycles. The van der Waals surface area contributed by atoms with E-state index in [1.807, 2.05) is 0 Å². The summed E-state index contributed by atoms with van der Waals surface area (Å²) >= 11 is 1.03. The number of amides is 2. The predicted molar refractivity (Wildman–Crippen MR) is 102 cm³/mol. The highest BCUT2D eigenvalue weighted by molar-refractivity contribution is 8.00. The van der Waals surface area contributed by atoms with Crippen LogP contribution in [-0.2, 0) is 25.7 Å². The molecule has 0 radical (unpaired) electrons. The molecule has 2 amide bonds. The summed E-state index contributed by atoms with van der Waals surface area (Å²) in [5.74, 6) is -2.33. The molecule has 0 atom stereocenters. The van der Waals surface area contributed by atoms with Gasteiger partial charge in [-0.3, -0.25) is 14.4 Å². The van der Waals surface area contributed by atoms with Crippen LogP contribution in [0.15, 0.2) is 48.5 Å². The van der Waals surface area contributed by atoms with Crippen LogP contribution in [0.25, 0.3) is 0 Å². The van der Waals surface area contributed by atoms with Gasteiger partial charge >= 0.3 is 5.97 Å². The number of hydrogen-bond donors (Lipinski definition) is 2. The maximum absolute atomic E-state index is 12.8. The highest BCUT2D eigenvalue weighted by atomic mass is 32.2. The van der Waals surface area contributed by atoms with Crippen molar-refractivity contribution in [2.24, 2.45) is 0 Å². The lowest BCUT2D eigenvalue weighted by atomic mass is 10.2. The summed E-state index contributed by atoms with van der Waals surface area (Å²) in [5, 5.41) is 5.11. The molecule has 0 spiro atoms. The summed E-state index contributed by atoms with van der Waals surface area (Å²) in [7, 11) is 0. The first-order chi connectivity index (χ1) is 13.4. The Labute approximate surface area is 164 Å². The van der Waals surface area contributed by atoms with Crippen molar-refractivity contribution in [2.45, 2.75) is 6.54 Å². The van der Waals surface area contributed by atoms with Gasteiger partial charge in [-0.05, 0) is 42.0 Å². The molecule has 2 aromatic carbocycles. The van der Waals surface area contributed by atoms with E-state index >= 15 is 0 Å². The number of benzene rings is 2. The van der Waals surface area contributed by atoms with E-state index in [1.54, 1.807) is 0 Å². The molecular weight excluding hydrogens is 390 g/mol. The monoisotopic (exact) mass is 408 g/mol. The molecule has 0 aliphatic rings. The first-order valence-corrected chi connectivity index (χ1v) is 9.38. The van der Waals surface area contributed by atoms with Crippen LogP contribution < -0.4 is 10.6 Å². The van der Waals surface area contributed by atoms with E-state index < -0.39 is 24.3 Å². The van der Waals surface area contributed by atoms with Crippen molar-refractivity contribution in [2.75, 3.05) is 23.4 Å². The van der Waals surface area contributed by atoms with Gasteiger partial charge in [0.25, 0.3) is 5.91 Å². The molecule has 0 fully saturated rings. The summed E-state index contributed by atoms with van der Waals surface area (Å²) in [6.07, 6.45) is 0. The fraction of sp³-hybridized carbons (Fsp3) is 0.211. The van der Waals surface area contributed by atoms with Crippen LogP contribution in [0.5, 0.6) is 0 Å². The molecule has 0 saturated heterocycles. The van der Waals surface area contributed by atoms with Crippen LogP contribution in [0.1, 0.15) is 5.56 Å². The summed E-state index contributed by atoms with van der Waals surface area (Å²) < 4.78 is 30.4. The molecule has 0 aromatic heterocycles. The number of carbonyl (C=O) groups is 3. The third-order valence-corrected chi connectivity index (χ3v) is 4.25. The summed E-state index contributed by atoms with van der Waals surface area (Å²) in [6, 6.07) is 10.9. The lowest BCUT2D eigenvalue weighted by Crippen LogP contribution is -2.28. The van der Waals surface area contributed by atoms with Crippen LogP contribution in [-0.4, -0.2) is 35.9 Å². The Hall–Kier alpha value is -2.94. The van der Waals surface area contributed by atoms with Gasteiger partial charge in [-0.1, -0.05) is 12.1 Å². The van der Waals surface area contributed by atoms with Gasteiger partial charge in [0.05, 0.1) is 11.5 Å². The van der Waals surface area contributed by atoms with Gasteiger partial charge in [0.15, 0.2) is 6.61 Å². The van der Waals surface area contributed by atoms with E-state index in [1.165, 1.54) is 48.5 Å². The standard InChI is InChI=1S/C19H18F2N2O4S/c20-14-3-1-13(2-4-14)9-22-17(24)10-27-19(26)12-28-11-18(25)23-16-7-5-15(21)6-8-16/h1-8H,9-12H2,(H,22,24)(H,23,25). The van der Waals surface area contributed by atoms with E-state index in [4.69, 9.17) is 4.74 Å². The van der Waals surface area contributed by atoms with Crippen LogP contribution in [0.3, 0.4) is 0 Å². The van der Waals surface area contributed by atoms with Gasteiger partial charge in [-0.2, -0.15) is 0 Å². The third kappa shape index (κ3) is 8.17. The summed E-state index contributed by atoms with van der Waals surface area (Å²) in [4.78, 5) is 35.0. The fourth-order valence-electron chi connectivity index (χ4n) is 2.00. The molecular formula is C19H18F2N2O4S. The molecule has 0 saturated carbocycles. The highest BCUT2D eigenvalue weighted by Crippen LogP contribution is 2.09. The van der Waals surface area contributed by atoms with Crippen LogP contribution in [0, 0.1) is 11.6 Å². The number of nitrogens with one attached hydrogen (secondary N) is 2. The molecule has 0 aliphatic carbocycles. The zero-order chi connectivity index (χ0) is 20.4. The van der Waals surface area contributed by atoms with Gasteiger partial charge in [0, 0.05) is 12.2 Å². The summed E-state index contributed by atoms with van der Waals surface area (Å²) in [6.45, 7) is -0.253. The van der Waals surface area contributed by atoms with Gasteiger partial charge < -0.3 is 15.4 Å². The average molecular weight is 408 g/mol. The van der Waals surface area contributed by atoms with Gasteiger partial charge in [-0.15, -0.1) is 11.8 Å². The molecule has 9 heteroatoms. The normalized spacial score (nSPS) is 10.2. The van der Waals surface area contributed by atoms with Crippen LogP contribution in [0.4, 0.5) is 14.5 Å². The topological polar surface area (TPSA) is 84.5 Å². The first kappa shape index (κ1) is 21.4. The lowest BCUT2D eigenvalue weighted by Gasteiger charge is -2.07. The Bertz CT molecular complexity index is 814. The molecule has 0 bridgehead atoms. The Balaban J connectivity index is 1.57. The Morgan fingerprint density at radius 2 is 1.46 bits per heavy atom. The molecule has 2 aromatic rings. The number of halogens is 2. The van der Waals surface area contributed by atoms with E-state index in [0.29, 0.717) is 11.3 Å². The fourth-order valence-corrected chi connectivity index (χ4v) is 2.61. The van der Waals surface area contributed by atoms with Crippen LogP contribution in [0.2, 0.25) is 0 Å². The second kappa shape index (κ2) is 11.0. The Morgan fingerprint density at radius 1 is 0.857 bits per heavy atom. The molecule has 2 rings (SSSR count). The van der Waals surface area contributed by atoms with Crippen molar-refractivity contribution in [3.63, 3.8) is 0 Å². The van der Waals surface area contributed by atoms with Crippen molar-refractivity contribution in [3.05, 3.63) is 65.7 Å². The van der Waals surface area contributed by atoms with E-state index in [0.717, 1.165) is 11.8 Å². The number of esters is 1. The quantitative estimate of drug-likeness (QED) is 0.623. The minimum atomic E-state index is -0.628. The zero-order valence-electron chi connectivity index (χ0n) is 14.7. The Kier molecular flexibility index (Phi) is 8.41. The van der Waals surface area contributed by atoms with Crippen molar-refractivity contribution < 1.29 is 27.9 Å². The smallest absolute Gasteiger partial charge is 0.316 e. The minimum absolute atomic E-state index is 0.00321. The van der Waals surface area contributed by atoms with E-state index in [2.05, 4.69) is 10.6 Å². The maximum Gasteiger partial charge on any atom is 0.316 e. The van der Waals surface area contributed by atoms with Crippen LogP contribution >= 0.6 is 11.8 Å². The molecule has 28 heavy (non-hydrogen) atoms. The number of thioether (sulfide) groups is 1. The second-order valence-electron chi connectivity index (χ2n) is 5.61. The number of hydrogen-bond acceptors (Lipinski definition) is 5. The zero-order valence-corrected chi connectivity index (χ0v) is 15.6. The van der Waals surface area contributed by atoms with Gasteiger partial charge in [-0.25, -0.2) is 8.78 Å². The SMILES string of the molecule is O=C(COC(=O)CSCC(=O)Nc1ccc(F)cc1)NCc1ccc(F)cc1. The van der Waals surface area contributed by atoms with Crippen molar-refractivity contribution in [1.29, 1.82) is 0 Å². The molecule has 148 valence electrons. The molecule has 6 nitrogen and oxygen atoms in total. The number of anilines is 1. The molecule has 2 N–H and O–H groups in total. The van der Waals surface area contributed by atoms with Crippen molar-refractivity contribution in [3.8, 4) is 0 Å². The van der Waals surface area contributed by atoms with E-state index in [-0.39, 0.29) is 29.8 Å². The molecule has 0 aliphatic heterocycles. The number of carbonyl (C=O) groups excluding carboxylic acids is 3. The minimum Gasteiger partial charge on any atom is -0.455 e. The highest BCUT2D eigenvalue weighted by Gasteiger charge is 2.10. The second-order valence-corrected chi connectivity index (χ2v) is 6.60. The largest absolute Gasteiger partial charge is 0.455 e. The average Bonchev–Trinajstić information content (AvgIpc) is 2.67. The van der Waals surface area contributed by atoms with Gasteiger partial charge in [0.1, 0.15) is 11.6 Å². The molecule has 0 unspecified atom stereocenters. The van der Waals surface area contributed by atoms with Crippen molar-refractivity contribution in [1.82, 2.24) is 5.32 Å². The first-order valence-electron chi connectivity index (χ1n) is 8.22. The third-order valence-electron chi connectivity index (χ3n) is 3.35. The maximum atomic E-state index is 12.8. The lowest BCUT2D eigenvalue weighted by molar-refractivity contribution is -0.145. The van der Waals surface area contributed by atoms with Gasteiger partial charge in [0.2, 0.25) is 5.91 Å². The Morgan fingerprint density at radius 3 is 2.11 bits per heavy atom. The number of rotatable bonds is 9. The predicted octanol–water partition coefficient (Wildman–Crippen LogP) is 2.50. The van der Waals surface area contributed by atoms with E-state index in [9.17, 15) is 23.2 Å². The number of ether oxygens (including phenoxy) is 1. The summed E-state index contributed by atoms with van der Waals surface area (Å²) in [5.41, 5.74) is 1.16.